The number of nitrogens with zero attached hydrogens (tertiary/aromatic N) is 3. The first-order valence-corrected chi connectivity index (χ1v) is 10.9. The molecular formula is C21H23Cl2N5O6. The van der Waals surface area contributed by atoms with Crippen molar-refractivity contribution in [2.24, 2.45) is 0 Å². The van der Waals surface area contributed by atoms with Crippen molar-refractivity contribution < 1.29 is 19.2 Å². The van der Waals surface area contributed by atoms with Crippen molar-refractivity contribution in [1.82, 2.24) is 25.0 Å². The van der Waals surface area contributed by atoms with Gasteiger partial charge in [0.25, 0.3) is 5.56 Å². The van der Waals surface area contributed by atoms with Crippen LogP contribution in [-0.2, 0) is 24.2 Å². The molecule has 3 N–H and O–H groups in total. The van der Waals surface area contributed by atoms with Gasteiger partial charge in [-0.05, 0) is 38.5 Å². The first kappa shape index (κ1) is 25.5. The maximum Gasteiger partial charge on any atom is 0.407 e. The lowest BCUT2D eigenvalue weighted by molar-refractivity contribution is 0.0523. The van der Waals surface area contributed by atoms with Gasteiger partial charge in [0.2, 0.25) is 5.89 Å². The Kier molecular flexibility index (Phi) is 7.80. The van der Waals surface area contributed by atoms with E-state index in [1.165, 1.54) is 0 Å². The number of aromatic nitrogens is 4. The number of ether oxygens (including phenoxy) is 1. The molecule has 0 bridgehead atoms. The molecular weight excluding hydrogens is 489 g/mol. The molecule has 182 valence electrons. The van der Waals surface area contributed by atoms with Crippen LogP contribution in [0.2, 0.25) is 10.0 Å². The number of amides is 1. The summed E-state index contributed by atoms with van der Waals surface area (Å²) in [4.78, 5) is 43.4. The molecule has 0 aliphatic heterocycles. The molecule has 0 fully saturated rings. The van der Waals surface area contributed by atoms with Crippen LogP contribution in [0.15, 0.2) is 38.4 Å². The second-order valence-corrected chi connectivity index (χ2v) is 9.16. The Balaban J connectivity index is 1.69. The topological polar surface area (TPSA) is 152 Å². The lowest BCUT2D eigenvalue weighted by atomic mass is 10.1. The van der Waals surface area contributed by atoms with E-state index in [9.17, 15) is 19.5 Å². The summed E-state index contributed by atoms with van der Waals surface area (Å²) in [7, 11) is 0. The highest BCUT2D eigenvalue weighted by atomic mass is 35.5. The Morgan fingerprint density at radius 2 is 1.94 bits per heavy atom. The van der Waals surface area contributed by atoms with Crippen LogP contribution in [0.25, 0.3) is 0 Å². The standard InChI is InChI=1S/C21H23Cl2N5O6/c1-21(2,3)33-20(32)24-9-13-17(23)18(30)28(19(31)25-13)10-16-26-15(27-34-16)8-14(29)11-4-6-12(22)7-5-11/h4-7,14,29H,8-10H2,1-3H3,(H,24,32)(H,25,31). The van der Waals surface area contributed by atoms with Crippen molar-refractivity contribution in [3.05, 3.63) is 78.1 Å². The minimum absolute atomic E-state index is 0.0241. The van der Waals surface area contributed by atoms with Crippen molar-refractivity contribution in [3.8, 4) is 0 Å². The van der Waals surface area contributed by atoms with E-state index >= 15 is 0 Å². The van der Waals surface area contributed by atoms with Gasteiger partial charge in [0, 0.05) is 11.4 Å². The Morgan fingerprint density at radius 3 is 2.59 bits per heavy atom. The highest BCUT2D eigenvalue weighted by molar-refractivity contribution is 6.31. The summed E-state index contributed by atoms with van der Waals surface area (Å²) in [6.45, 7) is 4.54. The van der Waals surface area contributed by atoms with Crippen LogP contribution in [0.4, 0.5) is 4.79 Å². The van der Waals surface area contributed by atoms with E-state index in [2.05, 4.69) is 20.4 Å². The van der Waals surface area contributed by atoms with Gasteiger partial charge in [-0.3, -0.25) is 4.79 Å². The van der Waals surface area contributed by atoms with E-state index in [1.807, 2.05) is 0 Å². The van der Waals surface area contributed by atoms with Gasteiger partial charge >= 0.3 is 11.8 Å². The Morgan fingerprint density at radius 1 is 1.26 bits per heavy atom. The van der Waals surface area contributed by atoms with Crippen LogP contribution in [0.3, 0.4) is 0 Å². The van der Waals surface area contributed by atoms with Gasteiger partial charge in [-0.25, -0.2) is 14.2 Å². The lowest BCUT2D eigenvalue weighted by Crippen LogP contribution is -2.39. The fourth-order valence-corrected chi connectivity index (χ4v) is 3.22. The minimum atomic E-state index is -0.903. The monoisotopic (exact) mass is 511 g/mol. The number of aliphatic hydroxyl groups is 1. The fourth-order valence-electron chi connectivity index (χ4n) is 2.88. The largest absolute Gasteiger partial charge is 0.444 e. The third-order valence-corrected chi connectivity index (χ3v) is 5.09. The average Bonchev–Trinajstić information content (AvgIpc) is 3.19. The fraction of sp³-hybridized carbons (Fsp3) is 0.381. The molecule has 0 radical (unpaired) electrons. The zero-order valence-corrected chi connectivity index (χ0v) is 20.1. The van der Waals surface area contributed by atoms with Crippen LogP contribution in [-0.4, -0.2) is 36.5 Å². The average molecular weight is 512 g/mol. The minimum Gasteiger partial charge on any atom is -0.444 e. The zero-order chi connectivity index (χ0) is 25.0. The maximum atomic E-state index is 12.6. The highest BCUT2D eigenvalue weighted by Gasteiger charge is 2.19. The molecule has 0 aliphatic rings. The molecule has 1 atom stereocenters. The number of carbonyl (C=O) groups is 1. The van der Waals surface area contributed by atoms with Gasteiger partial charge in [0.15, 0.2) is 5.82 Å². The highest BCUT2D eigenvalue weighted by Crippen LogP contribution is 2.19. The molecule has 13 heteroatoms. The van der Waals surface area contributed by atoms with Crippen molar-refractivity contribution in [1.29, 1.82) is 0 Å². The van der Waals surface area contributed by atoms with Gasteiger partial charge in [-0.2, -0.15) is 4.98 Å². The summed E-state index contributed by atoms with van der Waals surface area (Å²) in [5, 5.41) is 16.8. The second kappa shape index (κ2) is 10.4. The van der Waals surface area contributed by atoms with E-state index in [0.29, 0.717) is 10.6 Å². The summed E-state index contributed by atoms with van der Waals surface area (Å²) in [6.07, 6.45) is -1.58. The smallest absolute Gasteiger partial charge is 0.407 e. The molecule has 1 aromatic carbocycles. The van der Waals surface area contributed by atoms with Gasteiger partial charge in [0.1, 0.15) is 17.2 Å². The maximum absolute atomic E-state index is 12.6. The number of H-pyrrole nitrogens is 1. The number of hydrogen-bond acceptors (Lipinski definition) is 8. The van der Waals surface area contributed by atoms with Crippen LogP contribution in [0.1, 0.15) is 49.8 Å². The number of aliphatic hydroxyl groups excluding tert-OH is 1. The Hall–Kier alpha value is -3.15. The molecule has 1 amide bonds. The molecule has 2 aromatic heterocycles. The number of hydrogen-bond donors (Lipinski definition) is 3. The molecule has 3 aromatic rings. The van der Waals surface area contributed by atoms with Crippen LogP contribution < -0.4 is 16.6 Å². The molecule has 0 aliphatic carbocycles. The quantitative estimate of drug-likeness (QED) is 0.437. The summed E-state index contributed by atoms with van der Waals surface area (Å²) >= 11 is 11.9. The molecule has 3 rings (SSSR count). The Labute approximate surface area is 203 Å². The Bertz CT molecular complexity index is 1280. The van der Waals surface area contributed by atoms with Crippen molar-refractivity contribution in [2.75, 3.05) is 0 Å². The van der Waals surface area contributed by atoms with Crippen LogP contribution in [0.5, 0.6) is 0 Å². The van der Waals surface area contributed by atoms with Gasteiger partial charge in [-0.1, -0.05) is 40.5 Å². The van der Waals surface area contributed by atoms with Crippen molar-refractivity contribution in [3.63, 3.8) is 0 Å². The van der Waals surface area contributed by atoms with Crippen molar-refractivity contribution in [2.45, 2.75) is 52.0 Å². The second-order valence-electron chi connectivity index (χ2n) is 8.35. The summed E-state index contributed by atoms with van der Waals surface area (Å²) < 4.78 is 11.0. The summed E-state index contributed by atoms with van der Waals surface area (Å²) in [5.74, 6) is 0.160. The number of aromatic amines is 1. The van der Waals surface area contributed by atoms with E-state index in [-0.39, 0.29) is 41.9 Å². The first-order valence-electron chi connectivity index (χ1n) is 10.2. The van der Waals surface area contributed by atoms with Crippen LogP contribution >= 0.6 is 23.2 Å². The number of nitrogens with one attached hydrogen (secondary N) is 2. The van der Waals surface area contributed by atoms with Crippen molar-refractivity contribution >= 4 is 29.3 Å². The van der Waals surface area contributed by atoms with E-state index < -0.39 is 29.0 Å². The number of benzene rings is 1. The molecule has 0 spiro atoms. The number of carbonyl (C=O) groups excluding carboxylic acids is 1. The molecule has 1 unspecified atom stereocenters. The lowest BCUT2D eigenvalue weighted by Gasteiger charge is -2.19. The molecule has 34 heavy (non-hydrogen) atoms. The number of rotatable bonds is 7. The van der Waals surface area contributed by atoms with E-state index in [4.69, 9.17) is 32.5 Å². The molecule has 11 nitrogen and oxygen atoms in total. The van der Waals surface area contributed by atoms with Crippen LogP contribution in [0, 0.1) is 0 Å². The predicted molar refractivity (Wildman–Crippen MR) is 123 cm³/mol. The molecule has 2 heterocycles. The predicted octanol–water partition coefficient (Wildman–Crippen LogP) is 2.58. The van der Waals surface area contributed by atoms with E-state index in [0.717, 1.165) is 4.57 Å². The summed E-state index contributed by atoms with van der Waals surface area (Å²) in [5.41, 5.74) is -1.65. The zero-order valence-electron chi connectivity index (χ0n) is 18.6. The summed E-state index contributed by atoms with van der Waals surface area (Å²) in [6, 6.07) is 6.65. The number of alkyl carbamates (subject to hydrolysis) is 1. The molecule has 0 saturated carbocycles. The third-order valence-electron chi connectivity index (χ3n) is 4.44. The number of halogens is 2. The van der Waals surface area contributed by atoms with E-state index in [1.54, 1.807) is 45.0 Å². The van der Waals surface area contributed by atoms with Gasteiger partial charge in [0.05, 0.1) is 18.3 Å². The van der Waals surface area contributed by atoms with Gasteiger partial charge < -0.3 is 24.7 Å². The SMILES string of the molecule is CC(C)(C)OC(=O)NCc1[nH]c(=O)n(Cc2nc(CC(O)c3ccc(Cl)cc3)no2)c(=O)c1Cl. The normalized spacial score (nSPS) is 12.4. The molecule has 0 saturated heterocycles. The first-order chi connectivity index (χ1) is 15.9. The third kappa shape index (κ3) is 6.69. The van der Waals surface area contributed by atoms with Gasteiger partial charge in [-0.15, -0.1) is 0 Å².